The van der Waals surface area contributed by atoms with Crippen molar-refractivity contribution in [3.8, 4) is 5.75 Å². The maximum Gasteiger partial charge on any atom is 0.255 e. The molecule has 4 nitrogen and oxygen atoms in total. The quantitative estimate of drug-likeness (QED) is 0.847. The summed E-state index contributed by atoms with van der Waals surface area (Å²) in [6.07, 6.45) is 0.784. The van der Waals surface area contributed by atoms with Gasteiger partial charge in [-0.3, -0.25) is 9.69 Å². The highest BCUT2D eigenvalue weighted by molar-refractivity contribution is 7.80. The number of hydrogen-bond donors (Lipinski definition) is 1. The first kappa shape index (κ1) is 14.8. The number of thiocarbonyl (C=S) groups is 1. The zero-order valence-electron chi connectivity index (χ0n) is 12.1. The molecule has 0 bridgehead atoms. The van der Waals surface area contributed by atoms with Crippen molar-refractivity contribution in [2.75, 3.05) is 11.5 Å². The van der Waals surface area contributed by atoms with Gasteiger partial charge in [0, 0.05) is 0 Å². The van der Waals surface area contributed by atoms with Gasteiger partial charge in [0.2, 0.25) is 0 Å². The molecule has 1 heterocycles. The summed E-state index contributed by atoms with van der Waals surface area (Å²) in [5.41, 5.74) is 0.780. The van der Waals surface area contributed by atoms with Crippen molar-refractivity contribution in [1.82, 2.24) is 5.32 Å². The maximum absolute atomic E-state index is 12.4. The first-order valence-corrected chi connectivity index (χ1v) is 7.31. The Labute approximate surface area is 125 Å². The van der Waals surface area contributed by atoms with Gasteiger partial charge < -0.3 is 10.1 Å². The molecule has 1 aliphatic heterocycles. The third-order valence-electron chi connectivity index (χ3n) is 3.13. The molecular formula is C15H20N2O2S. The van der Waals surface area contributed by atoms with E-state index < -0.39 is 0 Å². The van der Waals surface area contributed by atoms with Crippen molar-refractivity contribution >= 4 is 28.9 Å². The first-order chi connectivity index (χ1) is 9.52. The van der Waals surface area contributed by atoms with Gasteiger partial charge in [-0.25, -0.2) is 0 Å². The summed E-state index contributed by atoms with van der Waals surface area (Å²) in [6.45, 7) is 6.75. The van der Waals surface area contributed by atoms with Crippen molar-refractivity contribution in [1.29, 1.82) is 0 Å². The molecule has 1 aliphatic rings. The molecule has 1 unspecified atom stereocenters. The van der Waals surface area contributed by atoms with Crippen molar-refractivity contribution in [2.45, 2.75) is 33.2 Å². The van der Waals surface area contributed by atoms with Crippen LogP contribution in [0.25, 0.3) is 0 Å². The van der Waals surface area contributed by atoms with E-state index in [2.05, 4.69) is 19.2 Å². The van der Waals surface area contributed by atoms with E-state index in [1.807, 2.05) is 31.2 Å². The van der Waals surface area contributed by atoms with Crippen LogP contribution in [0.1, 0.15) is 27.2 Å². The number of nitrogens with one attached hydrogen (secondary N) is 1. The fraction of sp³-hybridized carbons (Fsp3) is 0.467. The summed E-state index contributed by atoms with van der Waals surface area (Å²) < 4.78 is 5.40. The van der Waals surface area contributed by atoms with Crippen LogP contribution in [0.15, 0.2) is 24.3 Å². The summed E-state index contributed by atoms with van der Waals surface area (Å²) in [4.78, 5) is 14.0. The van der Waals surface area contributed by atoms with E-state index in [-0.39, 0.29) is 11.9 Å². The summed E-state index contributed by atoms with van der Waals surface area (Å²) >= 11 is 5.28. The number of benzene rings is 1. The lowest BCUT2D eigenvalue weighted by Crippen LogP contribution is -2.31. The second kappa shape index (κ2) is 6.22. The largest absolute Gasteiger partial charge is 0.494 e. The lowest BCUT2D eigenvalue weighted by molar-refractivity contribution is -0.118. The third-order valence-corrected chi connectivity index (χ3v) is 3.43. The molecule has 0 aliphatic carbocycles. The lowest BCUT2D eigenvalue weighted by Gasteiger charge is -2.15. The predicted octanol–water partition coefficient (Wildman–Crippen LogP) is 2.72. The van der Waals surface area contributed by atoms with Gasteiger partial charge in [0.1, 0.15) is 11.8 Å². The molecule has 1 saturated heterocycles. The van der Waals surface area contributed by atoms with Gasteiger partial charge in [-0.2, -0.15) is 0 Å². The Bertz CT molecular complexity index is 499. The lowest BCUT2D eigenvalue weighted by atomic mass is 10.0. The number of carbonyl (C=O) groups is 1. The van der Waals surface area contributed by atoms with Crippen LogP contribution in [-0.4, -0.2) is 23.7 Å². The standard InChI is InChI=1S/C15H20N2O2S/c1-4-19-12-7-5-11(6-8-12)17-14(18)13(9-10(2)3)16-15(17)20/h5-8,10,13H,4,9H2,1-3H3,(H,16,20). The molecule has 1 aromatic carbocycles. The summed E-state index contributed by atoms with van der Waals surface area (Å²) in [5, 5.41) is 3.58. The van der Waals surface area contributed by atoms with Gasteiger partial charge in [-0.15, -0.1) is 0 Å². The average molecular weight is 292 g/mol. The van der Waals surface area contributed by atoms with Crippen molar-refractivity contribution in [2.24, 2.45) is 5.92 Å². The Morgan fingerprint density at radius 2 is 2.00 bits per heavy atom. The number of carbonyl (C=O) groups excluding carboxylic acids is 1. The zero-order chi connectivity index (χ0) is 14.7. The highest BCUT2D eigenvalue weighted by atomic mass is 32.1. The van der Waals surface area contributed by atoms with Crippen LogP contribution < -0.4 is 15.0 Å². The van der Waals surface area contributed by atoms with Gasteiger partial charge in [0.25, 0.3) is 5.91 Å². The summed E-state index contributed by atoms with van der Waals surface area (Å²) in [5.74, 6) is 1.26. The minimum Gasteiger partial charge on any atom is -0.494 e. The van der Waals surface area contributed by atoms with Crippen LogP contribution in [0.4, 0.5) is 5.69 Å². The molecule has 5 heteroatoms. The Hall–Kier alpha value is -1.62. The van der Waals surface area contributed by atoms with E-state index in [4.69, 9.17) is 17.0 Å². The second-order valence-corrected chi connectivity index (χ2v) is 5.62. The minimum atomic E-state index is -0.214. The monoisotopic (exact) mass is 292 g/mol. The molecule has 20 heavy (non-hydrogen) atoms. The van der Waals surface area contributed by atoms with Crippen LogP contribution in [0.3, 0.4) is 0 Å². The van der Waals surface area contributed by atoms with E-state index in [1.165, 1.54) is 0 Å². The number of amides is 1. The molecule has 0 radical (unpaired) electrons. The Balaban J connectivity index is 2.15. The fourth-order valence-corrected chi connectivity index (χ4v) is 2.60. The third kappa shape index (κ3) is 3.10. The normalized spacial score (nSPS) is 18.6. The Kier molecular flexibility index (Phi) is 4.60. The highest BCUT2D eigenvalue weighted by Crippen LogP contribution is 2.24. The molecule has 1 fully saturated rings. The number of anilines is 1. The molecule has 1 aromatic rings. The van der Waals surface area contributed by atoms with Crippen molar-refractivity contribution in [3.63, 3.8) is 0 Å². The van der Waals surface area contributed by atoms with E-state index in [0.29, 0.717) is 17.6 Å². The van der Waals surface area contributed by atoms with Crippen LogP contribution >= 0.6 is 12.2 Å². The van der Waals surface area contributed by atoms with Gasteiger partial charge in [-0.1, -0.05) is 13.8 Å². The molecule has 1 N–H and O–H groups in total. The molecular weight excluding hydrogens is 272 g/mol. The molecule has 108 valence electrons. The molecule has 1 atom stereocenters. The van der Waals surface area contributed by atoms with Gasteiger partial charge >= 0.3 is 0 Å². The molecule has 0 aromatic heterocycles. The zero-order valence-corrected chi connectivity index (χ0v) is 12.9. The maximum atomic E-state index is 12.4. The molecule has 0 spiro atoms. The smallest absolute Gasteiger partial charge is 0.255 e. The molecule has 1 amide bonds. The van der Waals surface area contributed by atoms with Gasteiger partial charge in [-0.05, 0) is 55.7 Å². The number of ether oxygens (including phenoxy) is 1. The van der Waals surface area contributed by atoms with Crippen LogP contribution in [0.5, 0.6) is 5.75 Å². The SMILES string of the molecule is CCOc1ccc(N2C(=O)C(CC(C)C)NC2=S)cc1. The molecule has 2 rings (SSSR count). The number of nitrogens with zero attached hydrogens (tertiary/aromatic N) is 1. The Morgan fingerprint density at radius 1 is 1.35 bits per heavy atom. The number of rotatable bonds is 5. The topological polar surface area (TPSA) is 41.6 Å². The van der Waals surface area contributed by atoms with Crippen LogP contribution in [0, 0.1) is 5.92 Å². The van der Waals surface area contributed by atoms with E-state index >= 15 is 0 Å². The van der Waals surface area contributed by atoms with E-state index in [0.717, 1.165) is 17.9 Å². The highest BCUT2D eigenvalue weighted by Gasteiger charge is 2.36. The van der Waals surface area contributed by atoms with Gasteiger partial charge in [0.15, 0.2) is 5.11 Å². The summed E-state index contributed by atoms with van der Waals surface area (Å²) in [6, 6.07) is 7.20. The fourth-order valence-electron chi connectivity index (χ4n) is 2.26. The van der Waals surface area contributed by atoms with Crippen LogP contribution in [-0.2, 0) is 4.79 Å². The van der Waals surface area contributed by atoms with Gasteiger partial charge in [0.05, 0.1) is 12.3 Å². The first-order valence-electron chi connectivity index (χ1n) is 6.90. The predicted molar refractivity (Wildman–Crippen MR) is 84.1 cm³/mol. The number of hydrogen-bond acceptors (Lipinski definition) is 3. The average Bonchev–Trinajstić information content (AvgIpc) is 2.65. The van der Waals surface area contributed by atoms with Crippen molar-refractivity contribution in [3.05, 3.63) is 24.3 Å². The van der Waals surface area contributed by atoms with E-state index in [9.17, 15) is 4.79 Å². The minimum absolute atomic E-state index is 0.0212. The molecule has 0 saturated carbocycles. The van der Waals surface area contributed by atoms with Crippen molar-refractivity contribution < 1.29 is 9.53 Å². The second-order valence-electron chi connectivity index (χ2n) is 5.23. The summed E-state index contributed by atoms with van der Waals surface area (Å²) in [7, 11) is 0. The van der Waals surface area contributed by atoms with Crippen LogP contribution in [0.2, 0.25) is 0 Å². The Morgan fingerprint density at radius 3 is 2.55 bits per heavy atom. The van der Waals surface area contributed by atoms with E-state index in [1.54, 1.807) is 4.90 Å².